The molecule has 0 amide bonds. The highest BCUT2D eigenvalue weighted by Gasteiger charge is 2.12. The van der Waals surface area contributed by atoms with Crippen molar-refractivity contribution >= 4 is 11.2 Å². The monoisotopic (exact) mass is 217 g/mol. The quantitative estimate of drug-likeness (QED) is 0.762. The summed E-state index contributed by atoms with van der Waals surface area (Å²) in [5, 5.41) is 3.34. The van der Waals surface area contributed by atoms with Crippen molar-refractivity contribution < 1.29 is 0 Å². The molecule has 1 aliphatic heterocycles. The summed E-state index contributed by atoms with van der Waals surface area (Å²) in [5.74, 6) is 1.01. The van der Waals surface area contributed by atoms with E-state index < -0.39 is 0 Å². The molecule has 0 aliphatic carbocycles. The van der Waals surface area contributed by atoms with Crippen LogP contribution in [-0.2, 0) is 6.54 Å². The molecule has 0 saturated carbocycles. The molecule has 0 spiro atoms. The fraction of sp³-hybridized carbons (Fsp3) is 0.455. The molecule has 16 heavy (non-hydrogen) atoms. The van der Waals surface area contributed by atoms with Gasteiger partial charge in [-0.15, -0.1) is 0 Å². The summed E-state index contributed by atoms with van der Waals surface area (Å²) in [5.41, 5.74) is 1.83. The number of nitrogens with one attached hydrogen (secondary N) is 2. The summed E-state index contributed by atoms with van der Waals surface area (Å²) in [6, 6.07) is 3.94. The van der Waals surface area contributed by atoms with Crippen LogP contribution in [0, 0.1) is 0 Å². The number of nitrogens with zero attached hydrogens (tertiary/aromatic N) is 3. The highest BCUT2D eigenvalue weighted by atomic mass is 15.2. The van der Waals surface area contributed by atoms with Crippen molar-refractivity contribution in [1.82, 2.24) is 25.2 Å². The van der Waals surface area contributed by atoms with Crippen LogP contribution in [0.3, 0.4) is 0 Å². The fourth-order valence-corrected chi connectivity index (χ4v) is 2.05. The lowest BCUT2D eigenvalue weighted by atomic mass is 10.3. The molecule has 2 aromatic heterocycles. The summed E-state index contributed by atoms with van der Waals surface area (Å²) in [6.45, 7) is 5.20. The first-order valence-electron chi connectivity index (χ1n) is 5.64. The van der Waals surface area contributed by atoms with Crippen LogP contribution in [-0.4, -0.2) is 46.0 Å². The molecule has 0 bridgehead atoms. The second-order valence-electron chi connectivity index (χ2n) is 4.08. The van der Waals surface area contributed by atoms with Crippen LogP contribution >= 0.6 is 0 Å². The van der Waals surface area contributed by atoms with Gasteiger partial charge >= 0.3 is 0 Å². The Labute approximate surface area is 93.9 Å². The van der Waals surface area contributed by atoms with Crippen molar-refractivity contribution in [2.75, 3.05) is 26.2 Å². The predicted octanol–water partition coefficient (Wildman–Crippen LogP) is 0.363. The van der Waals surface area contributed by atoms with Gasteiger partial charge in [0, 0.05) is 32.4 Å². The van der Waals surface area contributed by atoms with Gasteiger partial charge in [0.1, 0.15) is 5.82 Å². The molecule has 1 aliphatic rings. The molecule has 0 unspecified atom stereocenters. The average molecular weight is 217 g/mol. The zero-order valence-electron chi connectivity index (χ0n) is 9.11. The molecule has 5 nitrogen and oxygen atoms in total. The molecule has 2 N–H and O–H groups in total. The van der Waals surface area contributed by atoms with E-state index in [1.807, 2.05) is 12.1 Å². The number of pyridine rings is 1. The van der Waals surface area contributed by atoms with Crippen LogP contribution in [0.4, 0.5) is 0 Å². The van der Waals surface area contributed by atoms with Crippen LogP contribution in [0.2, 0.25) is 0 Å². The Hall–Kier alpha value is -1.46. The number of fused-ring (bicyclic) bond motifs is 1. The van der Waals surface area contributed by atoms with E-state index in [0.717, 1.165) is 49.7 Å². The van der Waals surface area contributed by atoms with Gasteiger partial charge in [-0.1, -0.05) is 0 Å². The molecule has 3 rings (SSSR count). The van der Waals surface area contributed by atoms with Gasteiger partial charge in [0.05, 0.1) is 12.1 Å². The molecule has 0 radical (unpaired) electrons. The maximum absolute atomic E-state index is 4.48. The van der Waals surface area contributed by atoms with Gasteiger partial charge in [0.2, 0.25) is 0 Å². The summed E-state index contributed by atoms with van der Waals surface area (Å²) < 4.78 is 0. The molecule has 3 heterocycles. The minimum absolute atomic E-state index is 0.813. The normalized spacial score (nSPS) is 18.0. The zero-order valence-corrected chi connectivity index (χ0v) is 9.11. The standard InChI is InChI=1S/C11H15N5/c1-2-9-11(13-3-1)15-10(14-9)8-16-6-4-12-5-7-16/h1-3,12H,4-8H2,(H,13,14,15). The second kappa shape index (κ2) is 4.19. The third kappa shape index (κ3) is 1.91. The molecular formula is C11H15N5. The number of hydrogen-bond donors (Lipinski definition) is 2. The first-order chi connectivity index (χ1) is 7.92. The van der Waals surface area contributed by atoms with Crippen LogP contribution < -0.4 is 5.32 Å². The number of aromatic nitrogens is 3. The number of piperazine rings is 1. The van der Waals surface area contributed by atoms with Crippen molar-refractivity contribution in [1.29, 1.82) is 0 Å². The second-order valence-corrected chi connectivity index (χ2v) is 4.08. The Bertz CT molecular complexity index is 439. The van der Waals surface area contributed by atoms with Gasteiger partial charge in [-0.2, -0.15) is 0 Å². The number of hydrogen-bond acceptors (Lipinski definition) is 4. The first kappa shape index (κ1) is 9.74. The summed E-state index contributed by atoms with van der Waals surface area (Å²) in [6.07, 6.45) is 1.78. The molecule has 1 fully saturated rings. The maximum atomic E-state index is 4.48. The van der Waals surface area contributed by atoms with E-state index >= 15 is 0 Å². The van der Waals surface area contributed by atoms with Crippen molar-refractivity contribution in [3.63, 3.8) is 0 Å². The zero-order chi connectivity index (χ0) is 10.8. The van der Waals surface area contributed by atoms with E-state index in [0.29, 0.717) is 0 Å². The van der Waals surface area contributed by atoms with E-state index in [4.69, 9.17) is 0 Å². The van der Waals surface area contributed by atoms with Gasteiger partial charge in [-0.05, 0) is 12.1 Å². The molecule has 1 saturated heterocycles. The summed E-state index contributed by atoms with van der Waals surface area (Å²) >= 11 is 0. The lowest BCUT2D eigenvalue weighted by Crippen LogP contribution is -2.43. The van der Waals surface area contributed by atoms with Gasteiger partial charge in [0.25, 0.3) is 0 Å². The predicted molar refractivity (Wildman–Crippen MR) is 62.0 cm³/mol. The average Bonchev–Trinajstić information content (AvgIpc) is 2.72. The number of imidazole rings is 1. The Balaban J connectivity index is 1.78. The Morgan fingerprint density at radius 1 is 1.31 bits per heavy atom. The van der Waals surface area contributed by atoms with E-state index in [9.17, 15) is 0 Å². The largest absolute Gasteiger partial charge is 0.340 e. The lowest BCUT2D eigenvalue weighted by molar-refractivity contribution is 0.229. The first-order valence-corrected chi connectivity index (χ1v) is 5.64. The highest BCUT2D eigenvalue weighted by molar-refractivity contribution is 5.69. The molecule has 0 aromatic carbocycles. The number of H-pyrrole nitrogens is 1. The van der Waals surface area contributed by atoms with Crippen molar-refractivity contribution in [3.8, 4) is 0 Å². The van der Waals surface area contributed by atoms with Crippen LogP contribution in [0.25, 0.3) is 11.2 Å². The minimum Gasteiger partial charge on any atom is -0.340 e. The van der Waals surface area contributed by atoms with E-state index in [1.54, 1.807) is 6.20 Å². The molecule has 84 valence electrons. The topological polar surface area (TPSA) is 56.8 Å². The van der Waals surface area contributed by atoms with E-state index in [2.05, 4.69) is 25.2 Å². The van der Waals surface area contributed by atoms with Gasteiger partial charge in [-0.25, -0.2) is 9.97 Å². The Kier molecular flexibility index (Phi) is 2.55. The highest BCUT2D eigenvalue weighted by Crippen LogP contribution is 2.09. The van der Waals surface area contributed by atoms with Crippen LogP contribution in [0.15, 0.2) is 18.3 Å². The molecular weight excluding hydrogens is 202 g/mol. The number of rotatable bonds is 2. The van der Waals surface area contributed by atoms with E-state index in [1.165, 1.54) is 0 Å². The Morgan fingerprint density at radius 2 is 2.19 bits per heavy atom. The van der Waals surface area contributed by atoms with E-state index in [-0.39, 0.29) is 0 Å². The fourth-order valence-electron chi connectivity index (χ4n) is 2.05. The number of aromatic amines is 1. The lowest BCUT2D eigenvalue weighted by Gasteiger charge is -2.26. The van der Waals surface area contributed by atoms with Gasteiger partial charge < -0.3 is 10.3 Å². The van der Waals surface area contributed by atoms with Crippen molar-refractivity contribution in [2.24, 2.45) is 0 Å². The smallest absolute Gasteiger partial charge is 0.177 e. The van der Waals surface area contributed by atoms with Gasteiger partial charge in [-0.3, -0.25) is 4.90 Å². The minimum atomic E-state index is 0.813. The summed E-state index contributed by atoms with van der Waals surface area (Å²) in [7, 11) is 0. The van der Waals surface area contributed by atoms with Crippen molar-refractivity contribution in [3.05, 3.63) is 24.2 Å². The third-order valence-corrected chi connectivity index (χ3v) is 2.89. The van der Waals surface area contributed by atoms with Gasteiger partial charge in [0.15, 0.2) is 5.65 Å². The Morgan fingerprint density at radius 3 is 3.00 bits per heavy atom. The molecule has 0 atom stereocenters. The summed E-state index contributed by atoms with van der Waals surface area (Å²) in [4.78, 5) is 14.4. The van der Waals surface area contributed by atoms with Crippen molar-refractivity contribution in [2.45, 2.75) is 6.54 Å². The van der Waals surface area contributed by atoms with Crippen LogP contribution in [0.1, 0.15) is 5.82 Å². The SMILES string of the molecule is c1cnc2nc(CN3CCNCC3)[nH]c2c1. The third-order valence-electron chi connectivity index (χ3n) is 2.89. The maximum Gasteiger partial charge on any atom is 0.177 e. The van der Waals surface area contributed by atoms with Crippen LogP contribution in [0.5, 0.6) is 0 Å². The molecule has 5 heteroatoms. The molecule has 2 aromatic rings.